The maximum atomic E-state index is 12.4. The van der Waals surface area contributed by atoms with Crippen LogP contribution in [-0.2, 0) is 38.7 Å². The molecule has 5 amide bonds. The van der Waals surface area contributed by atoms with Gasteiger partial charge in [0.2, 0.25) is 24.1 Å². The Labute approximate surface area is 229 Å². The number of amides is 5. The number of nitrogens with one attached hydrogen (secondary N) is 3. The Morgan fingerprint density at radius 3 is 2.41 bits per heavy atom. The van der Waals surface area contributed by atoms with Crippen LogP contribution in [0.25, 0.3) is 0 Å². The molecule has 1 atom stereocenters. The van der Waals surface area contributed by atoms with E-state index in [2.05, 4.69) is 41.8 Å². The minimum Gasteiger partial charge on any atom is -0.355 e. The monoisotopic (exact) mass is 538 g/mol. The third-order valence-electron chi connectivity index (χ3n) is 6.34. The van der Waals surface area contributed by atoms with E-state index < -0.39 is 11.9 Å². The van der Waals surface area contributed by atoms with E-state index in [0.717, 1.165) is 30.4 Å². The summed E-state index contributed by atoms with van der Waals surface area (Å²) < 4.78 is 0. The summed E-state index contributed by atoms with van der Waals surface area (Å²) in [7, 11) is 0. The maximum Gasteiger partial charge on any atom is 0.255 e. The van der Waals surface area contributed by atoms with Gasteiger partial charge in [-0.25, -0.2) is 5.48 Å². The van der Waals surface area contributed by atoms with Crippen LogP contribution < -0.4 is 16.1 Å². The normalized spacial score (nSPS) is 15.6. The van der Waals surface area contributed by atoms with Crippen LogP contribution >= 0.6 is 0 Å². The lowest BCUT2D eigenvalue weighted by atomic mass is 10.0. The van der Waals surface area contributed by atoms with Crippen molar-refractivity contribution in [2.24, 2.45) is 0 Å². The van der Waals surface area contributed by atoms with Crippen LogP contribution in [0.2, 0.25) is 0 Å². The minimum absolute atomic E-state index is 0.195. The van der Waals surface area contributed by atoms with E-state index in [1.54, 1.807) is 17.6 Å². The second-order valence-corrected chi connectivity index (χ2v) is 9.12. The van der Waals surface area contributed by atoms with Gasteiger partial charge in [0.1, 0.15) is 6.04 Å². The third kappa shape index (κ3) is 9.33. The fraction of sp³-hybridized carbons (Fsp3) is 0.414. The molecule has 0 spiro atoms. The van der Waals surface area contributed by atoms with Gasteiger partial charge < -0.3 is 10.2 Å². The van der Waals surface area contributed by atoms with E-state index in [9.17, 15) is 24.0 Å². The summed E-state index contributed by atoms with van der Waals surface area (Å²) in [6.07, 6.45) is 4.36. The molecule has 4 N–H and O–H groups in total. The van der Waals surface area contributed by atoms with Gasteiger partial charge >= 0.3 is 0 Å². The zero-order chi connectivity index (χ0) is 28.8. The Morgan fingerprint density at radius 1 is 1.08 bits per heavy atom. The predicted octanol–water partition coefficient (Wildman–Crippen LogP) is 2.93. The number of hydrogen-bond acceptors (Lipinski definition) is 6. The smallest absolute Gasteiger partial charge is 0.255 e. The van der Waals surface area contributed by atoms with Crippen molar-refractivity contribution in [3.63, 3.8) is 0 Å². The van der Waals surface area contributed by atoms with Crippen molar-refractivity contribution in [1.29, 1.82) is 0 Å². The molecule has 0 aliphatic carbocycles. The van der Waals surface area contributed by atoms with Crippen molar-refractivity contribution < 1.29 is 29.2 Å². The topological polar surface area (TPSA) is 145 Å². The van der Waals surface area contributed by atoms with Crippen LogP contribution in [0.5, 0.6) is 0 Å². The molecule has 2 aliphatic rings. The van der Waals surface area contributed by atoms with Crippen LogP contribution in [0.1, 0.15) is 78.6 Å². The largest absolute Gasteiger partial charge is 0.355 e. The fourth-order valence-electron chi connectivity index (χ4n) is 4.32. The maximum absolute atomic E-state index is 12.4. The van der Waals surface area contributed by atoms with Gasteiger partial charge in [0, 0.05) is 31.5 Å². The van der Waals surface area contributed by atoms with Gasteiger partial charge in [0.25, 0.3) is 5.91 Å². The van der Waals surface area contributed by atoms with E-state index in [0.29, 0.717) is 37.9 Å². The Kier molecular flexibility index (Phi) is 12.8. The Bertz CT molecular complexity index is 1150. The second-order valence-electron chi connectivity index (χ2n) is 9.12. The Hall–Kier alpha value is -4.05. The van der Waals surface area contributed by atoms with Crippen molar-refractivity contribution in [2.75, 3.05) is 0 Å². The van der Waals surface area contributed by atoms with E-state index in [1.807, 2.05) is 19.9 Å². The van der Waals surface area contributed by atoms with Gasteiger partial charge in [0.15, 0.2) is 0 Å². The quantitative estimate of drug-likeness (QED) is 0.127. The SMILES string of the molecule is CC.Cc1ccc(CCCCC(=O)NO)cc1.O=CNCc1ccc2c(c1)CN(C1CCC(=O)NC1=O)C2=O. The highest BCUT2D eigenvalue weighted by Crippen LogP contribution is 2.28. The molecule has 0 saturated carbocycles. The zero-order valence-electron chi connectivity index (χ0n) is 22.8. The van der Waals surface area contributed by atoms with Crippen molar-refractivity contribution in [3.05, 3.63) is 70.3 Å². The predicted molar refractivity (Wildman–Crippen MR) is 145 cm³/mol. The molecule has 10 heteroatoms. The first-order chi connectivity index (χ1) is 18.8. The van der Waals surface area contributed by atoms with E-state index in [4.69, 9.17) is 5.21 Å². The number of aryl methyl sites for hydroxylation is 2. The van der Waals surface area contributed by atoms with Gasteiger partial charge in [-0.3, -0.25) is 34.5 Å². The van der Waals surface area contributed by atoms with Crippen LogP contribution in [0.15, 0.2) is 42.5 Å². The summed E-state index contributed by atoms with van der Waals surface area (Å²) in [6, 6.07) is 13.2. The number of hydroxylamine groups is 1. The number of piperidine rings is 1. The standard InChI is InChI=1S/C15H15N3O4.C12H17NO2.C2H6/c19-8-16-6-9-1-2-11-10(5-9)7-18(15(11)22)12-3-4-13(20)17-14(12)21;1-10-6-8-11(9-7-10)4-2-3-5-12(14)13-15;1-2/h1-2,5,8,12H,3-4,6-7H2,(H,16,19)(H,17,20,21);6-9,15H,2-5H2,1H3,(H,13,14);1-2H3. The summed E-state index contributed by atoms with van der Waals surface area (Å²) in [4.78, 5) is 58.1. The van der Waals surface area contributed by atoms with Crippen molar-refractivity contribution in [3.8, 4) is 0 Å². The number of imide groups is 1. The first-order valence-electron chi connectivity index (χ1n) is 13.2. The number of nitrogens with zero attached hydrogens (tertiary/aromatic N) is 1. The van der Waals surface area contributed by atoms with Crippen molar-refractivity contribution >= 4 is 30.0 Å². The summed E-state index contributed by atoms with van der Waals surface area (Å²) >= 11 is 0. The number of hydrogen-bond donors (Lipinski definition) is 4. The molecule has 0 aromatic heterocycles. The Morgan fingerprint density at radius 2 is 1.77 bits per heavy atom. The first-order valence-corrected chi connectivity index (χ1v) is 13.2. The minimum atomic E-state index is -0.603. The lowest BCUT2D eigenvalue weighted by Crippen LogP contribution is -2.52. The molecule has 0 radical (unpaired) electrons. The molecule has 0 bridgehead atoms. The molecule has 1 fully saturated rings. The molecule has 2 aromatic rings. The highest BCUT2D eigenvalue weighted by molar-refractivity contribution is 6.05. The molecular formula is C29H38N4O6. The van der Waals surface area contributed by atoms with Gasteiger partial charge in [0.05, 0.1) is 0 Å². The molecule has 1 unspecified atom stereocenters. The molecule has 4 rings (SSSR count). The van der Waals surface area contributed by atoms with E-state index in [-0.39, 0.29) is 24.1 Å². The number of carbonyl (C=O) groups is 5. The molecular weight excluding hydrogens is 500 g/mol. The number of rotatable bonds is 9. The summed E-state index contributed by atoms with van der Waals surface area (Å²) in [6.45, 7) is 6.80. The van der Waals surface area contributed by atoms with Crippen molar-refractivity contribution in [2.45, 2.75) is 78.4 Å². The van der Waals surface area contributed by atoms with Gasteiger partial charge in [-0.15, -0.1) is 0 Å². The molecule has 10 nitrogen and oxygen atoms in total. The number of benzene rings is 2. The van der Waals surface area contributed by atoms with Crippen LogP contribution in [0.3, 0.4) is 0 Å². The first kappa shape index (κ1) is 31.2. The molecule has 210 valence electrons. The molecule has 39 heavy (non-hydrogen) atoms. The average Bonchev–Trinajstić information content (AvgIpc) is 3.27. The summed E-state index contributed by atoms with van der Waals surface area (Å²) in [5.41, 5.74) is 6.49. The molecule has 2 aliphatic heterocycles. The average molecular weight is 539 g/mol. The highest BCUT2D eigenvalue weighted by atomic mass is 16.5. The molecule has 2 aromatic carbocycles. The molecule has 2 heterocycles. The van der Waals surface area contributed by atoms with Gasteiger partial charge in [-0.1, -0.05) is 55.8 Å². The third-order valence-corrected chi connectivity index (χ3v) is 6.34. The number of carbonyl (C=O) groups excluding carboxylic acids is 5. The second kappa shape index (κ2) is 16.0. The fourth-order valence-corrected chi connectivity index (χ4v) is 4.32. The van der Waals surface area contributed by atoms with Crippen LogP contribution in [-0.4, -0.2) is 46.2 Å². The Balaban J connectivity index is 0.000000275. The zero-order valence-corrected chi connectivity index (χ0v) is 22.8. The molecule has 1 saturated heterocycles. The summed E-state index contributed by atoms with van der Waals surface area (Å²) in [5, 5.41) is 13.1. The number of unbranched alkanes of at least 4 members (excludes halogenated alkanes) is 1. The lowest BCUT2D eigenvalue weighted by molar-refractivity contribution is -0.137. The summed E-state index contributed by atoms with van der Waals surface area (Å²) in [5.74, 6) is -1.22. The van der Waals surface area contributed by atoms with Crippen molar-refractivity contribution in [1.82, 2.24) is 21.0 Å². The van der Waals surface area contributed by atoms with E-state index >= 15 is 0 Å². The number of fused-ring (bicyclic) bond motifs is 1. The van der Waals surface area contributed by atoms with Gasteiger partial charge in [-0.2, -0.15) is 0 Å². The highest BCUT2D eigenvalue weighted by Gasteiger charge is 2.38. The van der Waals surface area contributed by atoms with Gasteiger partial charge in [-0.05, 0) is 55.4 Å². The lowest BCUT2D eigenvalue weighted by Gasteiger charge is -2.29. The van der Waals surface area contributed by atoms with Crippen LogP contribution in [0.4, 0.5) is 0 Å². The van der Waals surface area contributed by atoms with Crippen LogP contribution in [0, 0.1) is 6.92 Å². The van der Waals surface area contributed by atoms with E-state index in [1.165, 1.54) is 16.0 Å².